The molecule has 1 aromatic heterocycles. The number of likely N-dealkylation sites (tertiary alicyclic amines) is 2. The summed E-state index contributed by atoms with van der Waals surface area (Å²) < 4.78 is 1.91. The Balaban J connectivity index is 1.37. The first-order valence-corrected chi connectivity index (χ1v) is 9.07. The minimum absolute atomic E-state index is 0.257. The maximum atomic E-state index is 12.7. The first-order chi connectivity index (χ1) is 12.2. The van der Waals surface area contributed by atoms with E-state index in [0.717, 1.165) is 38.0 Å². The Morgan fingerprint density at radius 1 is 1.28 bits per heavy atom. The molecule has 0 bridgehead atoms. The molecule has 6 heteroatoms. The van der Waals surface area contributed by atoms with Crippen LogP contribution in [0.5, 0.6) is 0 Å². The molecule has 0 unspecified atom stereocenters. The van der Waals surface area contributed by atoms with Gasteiger partial charge >= 0.3 is 0 Å². The Kier molecular flexibility index (Phi) is 4.53. The van der Waals surface area contributed by atoms with Crippen molar-refractivity contribution < 1.29 is 4.79 Å². The van der Waals surface area contributed by atoms with Gasteiger partial charge in [-0.25, -0.2) is 4.98 Å². The molecule has 2 aliphatic heterocycles. The van der Waals surface area contributed by atoms with Gasteiger partial charge in [-0.1, -0.05) is 30.3 Å². The Morgan fingerprint density at radius 3 is 2.88 bits per heavy atom. The van der Waals surface area contributed by atoms with Crippen molar-refractivity contribution in [2.45, 2.75) is 37.9 Å². The minimum Gasteiger partial charge on any atom is -0.342 e. The Morgan fingerprint density at radius 2 is 2.12 bits per heavy atom. The summed E-state index contributed by atoms with van der Waals surface area (Å²) in [6.45, 7) is 2.63. The molecule has 0 saturated carbocycles. The second kappa shape index (κ2) is 6.96. The van der Waals surface area contributed by atoms with Gasteiger partial charge < -0.3 is 4.90 Å². The van der Waals surface area contributed by atoms with Gasteiger partial charge in [0.25, 0.3) is 0 Å². The number of hydrogen-bond acceptors (Lipinski definition) is 4. The summed E-state index contributed by atoms with van der Waals surface area (Å²) in [7, 11) is 2.22. The molecule has 132 valence electrons. The van der Waals surface area contributed by atoms with E-state index >= 15 is 0 Å². The fourth-order valence-corrected chi connectivity index (χ4v) is 4.43. The van der Waals surface area contributed by atoms with Crippen LogP contribution in [0.15, 0.2) is 43.0 Å². The number of amides is 1. The van der Waals surface area contributed by atoms with Crippen molar-refractivity contribution in [2.24, 2.45) is 5.92 Å². The number of benzene rings is 1. The topological polar surface area (TPSA) is 54.3 Å². The highest BCUT2D eigenvalue weighted by Crippen LogP contribution is 2.35. The standard InChI is InChI=1S/C19H25N5O/c1-22-17(12-24-14-20-13-21-24)10-16-11-23(8-7-18(16)22)19(25)9-15-5-3-2-4-6-15/h2-6,13-14,16-18H,7-12H2,1H3/t16-,17+,18+/m0/s1. The number of fused-ring (bicyclic) bond motifs is 1. The number of rotatable bonds is 4. The number of piperidine rings is 1. The predicted octanol–water partition coefficient (Wildman–Crippen LogP) is 1.44. The third-order valence-electron chi connectivity index (χ3n) is 5.78. The Labute approximate surface area is 148 Å². The molecule has 0 spiro atoms. The molecule has 6 nitrogen and oxygen atoms in total. The van der Waals surface area contributed by atoms with Gasteiger partial charge in [-0.3, -0.25) is 14.4 Å². The fourth-order valence-electron chi connectivity index (χ4n) is 4.43. The van der Waals surface area contributed by atoms with Crippen molar-refractivity contribution in [2.75, 3.05) is 20.1 Å². The lowest BCUT2D eigenvalue weighted by Crippen LogP contribution is -2.48. The van der Waals surface area contributed by atoms with Crippen LogP contribution in [0.2, 0.25) is 0 Å². The first kappa shape index (κ1) is 16.3. The third-order valence-corrected chi connectivity index (χ3v) is 5.78. The molecule has 2 aromatic rings. The zero-order valence-electron chi connectivity index (χ0n) is 14.7. The highest BCUT2D eigenvalue weighted by Gasteiger charge is 2.42. The van der Waals surface area contributed by atoms with Crippen molar-refractivity contribution >= 4 is 5.91 Å². The summed E-state index contributed by atoms with van der Waals surface area (Å²) >= 11 is 0. The number of likely N-dealkylation sites (N-methyl/N-ethyl adjacent to an activating group) is 1. The molecular weight excluding hydrogens is 314 g/mol. The van der Waals surface area contributed by atoms with Crippen LogP contribution < -0.4 is 0 Å². The monoisotopic (exact) mass is 339 g/mol. The average Bonchev–Trinajstić information content (AvgIpc) is 3.24. The van der Waals surface area contributed by atoms with E-state index in [0.29, 0.717) is 24.4 Å². The van der Waals surface area contributed by atoms with E-state index in [1.165, 1.54) is 0 Å². The minimum atomic E-state index is 0.257. The molecule has 0 aliphatic carbocycles. The van der Waals surface area contributed by atoms with Crippen molar-refractivity contribution in [3.63, 3.8) is 0 Å². The largest absolute Gasteiger partial charge is 0.342 e. The number of hydrogen-bond donors (Lipinski definition) is 0. The molecule has 1 aromatic carbocycles. The van der Waals surface area contributed by atoms with Crippen LogP contribution in [-0.4, -0.2) is 62.7 Å². The van der Waals surface area contributed by atoms with Crippen molar-refractivity contribution in [3.8, 4) is 0 Å². The predicted molar refractivity (Wildman–Crippen MR) is 94.8 cm³/mol. The molecule has 2 saturated heterocycles. The lowest BCUT2D eigenvalue weighted by molar-refractivity contribution is -0.132. The van der Waals surface area contributed by atoms with Crippen LogP contribution in [0.1, 0.15) is 18.4 Å². The number of carbonyl (C=O) groups is 1. The van der Waals surface area contributed by atoms with Gasteiger partial charge in [-0.05, 0) is 31.4 Å². The van der Waals surface area contributed by atoms with Crippen LogP contribution in [0.4, 0.5) is 0 Å². The van der Waals surface area contributed by atoms with E-state index in [2.05, 4.69) is 26.9 Å². The van der Waals surface area contributed by atoms with Crippen molar-refractivity contribution in [1.29, 1.82) is 0 Å². The van der Waals surface area contributed by atoms with E-state index < -0.39 is 0 Å². The Bertz CT molecular complexity index is 702. The first-order valence-electron chi connectivity index (χ1n) is 9.07. The van der Waals surface area contributed by atoms with Crippen LogP contribution in [0.3, 0.4) is 0 Å². The van der Waals surface area contributed by atoms with E-state index in [9.17, 15) is 4.79 Å². The van der Waals surface area contributed by atoms with Gasteiger partial charge in [0.2, 0.25) is 5.91 Å². The fraction of sp³-hybridized carbons (Fsp3) is 0.526. The maximum Gasteiger partial charge on any atom is 0.227 e. The van der Waals surface area contributed by atoms with Crippen LogP contribution in [-0.2, 0) is 17.8 Å². The number of nitrogens with zero attached hydrogens (tertiary/aromatic N) is 5. The Hall–Kier alpha value is -2.21. The van der Waals surface area contributed by atoms with Gasteiger partial charge in [-0.2, -0.15) is 5.10 Å². The highest BCUT2D eigenvalue weighted by molar-refractivity contribution is 5.78. The van der Waals surface area contributed by atoms with Crippen molar-refractivity contribution in [3.05, 3.63) is 48.5 Å². The van der Waals surface area contributed by atoms with Gasteiger partial charge in [-0.15, -0.1) is 0 Å². The molecule has 3 heterocycles. The van der Waals surface area contributed by atoms with Gasteiger partial charge in [0.15, 0.2) is 0 Å². The zero-order valence-corrected chi connectivity index (χ0v) is 14.7. The molecule has 4 rings (SSSR count). The quantitative estimate of drug-likeness (QED) is 0.846. The van der Waals surface area contributed by atoms with Crippen molar-refractivity contribution in [1.82, 2.24) is 24.6 Å². The summed E-state index contributed by atoms with van der Waals surface area (Å²) in [6, 6.07) is 11.1. The summed E-state index contributed by atoms with van der Waals surface area (Å²) in [4.78, 5) is 21.3. The molecule has 3 atom stereocenters. The van der Waals surface area contributed by atoms with E-state index in [-0.39, 0.29) is 5.91 Å². The molecule has 0 radical (unpaired) electrons. The summed E-state index contributed by atoms with van der Waals surface area (Å²) in [5, 5.41) is 4.24. The zero-order chi connectivity index (χ0) is 17.2. The molecular formula is C19H25N5O. The normalized spacial score (nSPS) is 26.6. The molecule has 25 heavy (non-hydrogen) atoms. The smallest absolute Gasteiger partial charge is 0.227 e. The molecule has 2 fully saturated rings. The summed E-state index contributed by atoms with van der Waals surface area (Å²) in [5.74, 6) is 0.819. The van der Waals surface area contributed by atoms with Gasteiger partial charge in [0.05, 0.1) is 13.0 Å². The SMILES string of the molecule is CN1[C@@H](Cn2cncn2)C[C@H]2CN(C(=O)Cc3ccccc3)CC[C@H]21. The van der Waals surface area contributed by atoms with E-state index in [1.54, 1.807) is 12.7 Å². The lowest BCUT2D eigenvalue weighted by Gasteiger charge is -2.37. The number of aromatic nitrogens is 3. The van der Waals surface area contributed by atoms with Gasteiger partial charge in [0, 0.05) is 25.2 Å². The second-order valence-electron chi connectivity index (χ2n) is 7.29. The second-order valence-corrected chi connectivity index (χ2v) is 7.29. The van der Waals surface area contributed by atoms with E-state index in [1.807, 2.05) is 35.0 Å². The highest BCUT2D eigenvalue weighted by atomic mass is 16.2. The molecule has 1 amide bonds. The lowest BCUT2D eigenvalue weighted by atomic mass is 9.91. The molecule has 2 aliphatic rings. The van der Waals surface area contributed by atoms with Crippen LogP contribution >= 0.6 is 0 Å². The van der Waals surface area contributed by atoms with Crippen LogP contribution in [0, 0.1) is 5.92 Å². The maximum absolute atomic E-state index is 12.7. The summed E-state index contributed by atoms with van der Waals surface area (Å²) in [5.41, 5.74) is 1.10. The third kappa shape index (κ3) is 3.44. The number of carbonyl (C=O) groups excluding carboxylic acids is 1. The van der Waals surface area contributed by atoms with Crippen LogP contribution in [0.25, 0.3) is 0 Å². The van der Waals surface area contributed by atoms with Gasteiger partial charge in [0.1, 0.15) is 12.7 Å². The average molecular weight is 339 g/mol. The molecule has 0 N–H and O–H groups in total. The summed E-state index contributed by atoms with van der Waals surface area (Å²) in [6.07, 6.45) is 6.07. The van der Waals surface area contributed by atoms with E-state index in [4.69, 9.17) is 0 Å².